The van der Waals surface area contributed by atoms with Gasteiger partial charge in [0.05, 0.1) is 5.60 Å². The van der Waals surface area contributed by atoms with E-state index in [-0.39, 0.29) is 21.5 Å². The fourth-order valence-corrected chi connectivity index (χ4v) is 14.3. The zero-order valence-corrected chi connectivity index (χ0v) is 30.1. The summed E-state index contributed by atoms with van der Waals surface area (Å²) in [5.74, 6) is 1.64. The third-order valence-corrected chi connectivity index (χ3v) is 22.8. The van der Waals surface area contributed by atoms with E-state index in [1.54, 1.807) is 0 Å². The molecule has 0 bridgehead atoms. The van der Waals surface area contributed by atoms with Crippen LogP contribution in [0.15, 0.2) is 23.8 Å². The van der Waals surface area contributed by atoms with E-state index in [0.717, 1.165) is 50.5 Å². The summed E-state index contributed by atoms with van der Waals surface area (Å²) in [6.45, 7) is 30.1. The minimum Gasteiger partial charge on any atom is -0.414 e. The third-order valence-electron chi connectivity index (χ3n) is 13.6. The van der Waals surface area contributed by atoms with Crippen LogP contribution in [0.25, 0.3) is 0 Å². The molecule has 0 heterocycles. The van der Waals surface area contributed by atoms with E-state index in [0.29, 0.717) is 29.6 Å². The summed E-state index contributed by atoms with van der Waals surface area (Å²) in [4.78, 5) is 13.6. The summed E-state index contributed by atoms with van der Waals surface area (Å²) in [5.41, 5.74) is 2.52. The topological polar surface area (TPSA) is 35.5 Å². The molecule has 0 aromatic heterocycles. The lowest BCUT2D eigenvalue weighted by Gasteiger charge is -2.64. The van der Waals surface area contributed by atoms with Crippen LogP contribution in [-0.4, -0.2) is 34.1 Å². The normalized spacial score (nSPS) is 38.5. The number of carbonyl (C=O) groups excluding carboxylic acids is 1. The van der Waals surface area contributed by atoms with Gasteiger partial charge in [-0.05, 0) is 117 Å². The highest BCUT2D eigenvalue weighted by Crippen LogP contribution is 2.70. The monoisotopic (exact) mass is 586 g/mol. The molecular formula is C35H62O3Si2. The van der Waals surface area contributed by atoms with Gasteiger partial charge in [0.1, 0.15) is 0 Å². The van der Waals surface area contributed by atoms with Crippen LogP contribution in [0.2, 0.25) is 36.3 Å². The van der Waals surface area contributed by atoms with Crippen molar-refractivity contribution >= 4 is 22.4 Å². The number of ketones is 1. The molecule has 0 aromatic rings. The van der Waals surface area contributed by atoms with E-state index in [1.165, 1.54) is 30.1 Å². The molecule has 0 aromatic carbocycles. The van der Waals surface area contributed by atoms with Crippen molar-refractivity contribution in [3.8, 4) is 0 Å². The molecule has 4 aliphatic carbocycles. The maximum atomic E-state index is 13.6. The van der Waals surface area contributed by atoms with Crippen LogP contribution in [0.3, 0.4) is 0 Å². The van der Waals surface area contributed by atoms with E-state index in [1.807, 2.05) is 6.92 Å². The van der Waals surface area contributed by atoms with Crippen LogP contribution < -0.4 is 0 Å². The second kappa shape index (κ2) is 10.9. The predicted octanol–water partition coefficient (Wildman–Crippen LogP) is 10.2. The fourth-order valence-electron chi connectivity index (χ4n) is 9.67. The van der Waals surface area contributed by atoms with Gasteiger partial charge in [0.2, 0.25) is 0 Å². The predicted molar refractivity (Wildman–Crippen MR) is 175 cm³/mol. The van der Waals surface area contributed by atoms with Gasteiger partial charge >= 0.3 is 0 Å². The standard InChI is InChI=1S/C35H62O3Si2/c1-13-26-19-22-35(38-40(14-2,15-3)16-4)30-18-17-27-23-28(37-39(11,12)32(6,7)8)20-21-33(27,9)31(30)29(25(5)36)24-34(26,35)10/h13,26-28,30H,1,14-24H2,2-12H3/t26-,27+,28-,30-,33-,34+,35-/m0/s1. The highest BCUT2D eigenvalue weighted by Gasteiger charge is 2.68. The minimum absolute atomic E-state index is 0.0620. The number of Topliss-reactive ketones (excluding diaryl/α,β-unsaturated/α-hetero) is 1. The Morgan fingerprint density at radius 1 is 1.02 bits per heavy atom. The van der Waals surface area contributed by atoms with Gasteiger partial charge in [0.15, 0.2) is 22.4 Å². The number of hydrogen-bond acceptors (Lipinski definition) is 3. The van der Waals surface area contributed by atoms with Gasteiger partial charge in [0.25, 0.3) is 0 Å². The minimum atomic E-state index is -1.90. The van der Waals surface area contributed by atoms with Crippen molar-refractivity contribution in [1.82, 2.24) is 0 Å². The molecule has 0 aliphatic heterocycles. The first kappa shape index (κ1) is 32.4. The number of carbonyl (C=O) groups is 1. The lowest BCUT2D eigenvalue weighted by molar-refractivity contribution is -0.127. The van der Waals surface area contributed by atoms with Crippen molar-refractivity contribution in [1.29, 1.82) is 0 Å². The number of hydrogen-bond donors (Lipinski definition) is 0. The largest absolute Gasteiger partial charge is 0.414 e. The summed E-state index contributed by atoms with van der Waals surface area (Å²) in [7, 11) is -3.72. The molecule has 0 amide bonds. The van der Waals surface area contributed by atoms with Crippen LogP contribution in [0.4, 0.5) is 0 Å². The van der Waals surface area contributed by atoms with Gasteiger partial charge in [0, 0.05) is 17.4 Å². The average Bonchev–Trinajstić information content (AvgIpc) is 3.17. The summed E-state index contributed by atoms with van der Waals surface area (Å²) < 4.78 is 14.9. The lowest BCUT2D eigenvalue weighted by Crippen LogP contribution is -2.64. The van der Waals surface area contributed by atoms with Gasteiger partial charge in [-0.25, -0.2) is 0 Å². The van der Waals surface area contributed by atoms with Crippen LogP contribution in [0, 0.1) is 28.6 Å². The Bertz CT molecular complexity index is 1010. The SMILES string of the molecule is C=C[C@H]1CC[C@]2(O[Si](CC)(CC)CC)[C@H]3CC[C@@H]4C[C@@H](O[Si](C)(C)C(C)(C)C)CC[C@]4(C)C3=C(C(C)=O)C[C@]12C. The van der Waals surface area contributed by atoms with E-state index < -0.39 is 16.6 Å². The molecule has 7 atom stereocenters. The summed E-state index contributed by atoms with van der Waals surface area (Å²) in [6, 6.07) is 3.52. The van der Waals surface area contributed by atoms with Gasteiger partial charge < -0.3 is 8.85 Å². The Labute approximate surface area is 249 Å². The zero-order valence-electron chi connectivity index (χ0n) is 28.1. The van der Waals surface area contributed by atoms with Crippen molar-refractivity contribution in [2.45, 2.75) is 162 Å². The summed E-state index contributed by atoms with van der Waals surface area (Å²) in [5, 5.41) is 0.228. The number of rotatable bonds is 9. The first-order valence-corrected chi connectivity index (χ1v) is 22.2. The molecule has 3 nitrogen and oxygen atoms in total. The van der Waals surface area contributed by atoms with Gasteiger partial charge in [-0.1, -0.05) is 67.0 Å². The van der Waals surface area contributed by atoms with Crippen LogP contribution in [0.5, 0.6) is 0 Å². The zero-order chi connectivity index (χ0) is 29.9. The highest BCUT2D eigenvalue weighted by atomic mass is 28.4. The van der Waals surface area contributed by atoms with Gasteiger partial charge in [-0.3, -0.25) is 4.79 Å². The van der Waals surface area contributed by atoms with E-state index in [2.05, 4.69) is 81.1 Å². The molecule has 228 valence electrons. The summed E-state index contributed by atoms with van der Waals surface area (Å²) in [6.07, 6.45) is 11.4. The molecular weight excluding hydrogens is 525 g/mol. The molecule has 4 aliphatic rings. The molecule has 0 N–H and O–H groups in total. The van der Waals surface area contributed by atoms with Crippen LogP contribution >= 0.6 is 0 Å². The first-order valence-electron chi connectivity index (χ1n) is 16.7. The quantitative estimate of drug-likeness (QED) is 0.199. The van der Waals surface area contributed by atoms with E-state index in [9.17, 15) is 4.79 Å². The molecule has 0 unspecified atom stereocenters. The Hall–Kier alpha value is -0.496. The molecule has 0 saturated heterocycles. The van der Waals surface area contributed by atoms with Crippen molar-refractivity contribution in [3.05, 3.63) is 23.8 Å². The molecule has 3 fully saturated rings. The van der Waals surface area contributed by atoms with Crippen molar-refractivity contribution in [2.24, 2.45) is 28.6 Å². The third kappa shape index (κ3) is 4.85. The maximum Gasteiger partial charge on any atom is 0.192 e. The molecule has 40 heavy (non-hydrogen) atoms. The van der Waals surface area contributed by atoms with Crippen molar-refractivity contribution in [2.75, 3.05) is 0 Å². The second-order valence-electron chi connectivity index (χ2n) is 16.2. The Morgan fingerprint density at radius 3 is 2.17 bits per heavy atom. The van der Waals surface area contributed by atoms with Crippen molar-refractivity contribution in [3.63, 3.8) is 0 Å². The highest BCUT2D eigenvalue weighted by molar-refractivity contribution is 6.74. The van der Waals surface area contributed by atoms with Gasteiger partial charge in [-0.15, -0.1) is 6.58 Å². The fraction of sp³-hybridized carbons (Fsp3) is 0.857. The lowest BCUT2D eigenvalue weighted by atomic mass is 9.45. The second-order valence-corrected chi connectivity index (χ2v) is 25.6. The van der Waals surface area contributed by atoms with E-state index in [4.69, 9.17) is 8.85 Å². The molecule has 0 radical (unpaired) electrons. The molecule has 4 rings (SSSR count). The molecule has 5 heteroatoms. The Morgan fingerprint density at radius 2 is 1.65 bits per heavy atom. The van der Waals surface area contributed by atoms with E-state index >= 15 is 0 Å². The van der Waals surface area contributed by atoms with Gasteiger partial charge in [-0.2, -0.15) is 0 Å². The number of allylic oxidation sites excluding steroid dienone is 2. The maximum absolute atomic E-state index is 13.6. The summed E-state index contributed by atoms with van der Waals surface area (Å²) >= 11 is 0. The van der Waals surface area contributed by atoms with Crippen LogP contribution in [-0.2, 0) is 13.6 Å². The van der Waals surface area contributed by atoms with Crippen molar-refractivity contribution < 1.29 is 13.6 Å². The molecule has 0 spiro atoms. The smallest absolute Gasteiger partial charge is 0.192 e. The average molecular weight is 587 g/mol. The Kier molecular flexibility index (Phi) is 8.83. The first-order chi connectivity index (χ1) is 18.5. The van der Waals surface area contributed by atoms with Crippen LogP contribution in [0.1, 0.15) is 114 Å². The number of fused-ring (bicyclic) bond motifs is 5. The Balaban J connectivity index is 1.80. The molecule has 3 saturated carbocycles.